The Kier molecular flexibility index (Phi) is 3.21. The van der Waals surface area contributed by atoms with Crippen molar-refractivity contribution in [1.82, 2.24) is 14.7 Å². The number of aromatic nitrogens is 2. The zero-order valence-electron chi connectivity index (χ0n) is 10.00. The first kappa shape index (κ1) is 12.1. The molecule has 2 rings (SSSR count). The van der Waals surface area contributed by atoms with E-state index in [2.05, 4.69) is 5.10 Å². The fourth-order valence-corrected chi connectivity index (χ4v) is 2.07. The van der Waals surface area contributed by atoms with Gasteiger partial charge in [0, 0.05) is 24.7 Å². The van der Waals surface area contributed by atoms with E-state index in [0.717, 1.165) is 5.69 Å². The number of hydrogen-bond donors (Lipinski definition) is 2. The van der Waals surface area contributed by atoms with Crippen LogP contribution < -0.4 is 5.59 Å². The second-order valence-electron chi connectivity index (χ2n) is 4.52. The highest BCUT2D eigenvalue weighted by Crippen LogP contribution is 2.10. The Morgan fingerprint density at radius 3 is 2.76 bits per heavy atom. The van der Waals surface area contributed by atoms with Crippen molar-refractivity contribution >= 4 is 18.6 Å². The molecule has 7 heteroatoms. The lowest BCUT2D eigenvalue weighted by Crippen LogP contribution is -2.39. The molecule has 0 fully saturated rings. The van der Waals surface area contributed by atoms with Crippen molar-refractivity contribution in [3.63, 3.8) is 0 Å². The molecule has 0 spiro atoms. The van der Waals surface area contributed by atoms with Gasteiger partial charge < -0.3 is 14.9 Å². The zero-order chi connectivity index (χ0) is 12.6. The Balaban J connectivity index is 2.23. The molecule has 2 N–H and O–H groups in total. The summed E-state index contributed by atoms with van der Waals surface area (Å²) in [5.74, 6) is 0.0147. The Bertz CT molecular complexity index is 430. The van der Waals surface area contributed by atoms with Crippen LogP contribution in [0.15, 0.2) is 6.07 Å². The third-order valence-electron chi connectivity index (χ3n) is 2.98. The second-order valence-corrected chi connectivity index (χ2v) is 4.52. The Hall–Kier alpha value is -1.34. The minimum Gasteiger partial charge on any atom is -0.422 e. The minimum atomic E-state index is -1.58. The predicted molar refractivity (Wildman–Crippen MR) is 62.6 cm³/mol. The maximum atomic E-state index is 11.9. The van der Waals surface area contributed by atoms with Crippen LogP contribution in [-0.2, 0) is 17.8 Å². The largest absolute Gasteiger partial charge is 0.510 e. The van der Waals surface area contributed by atoms with Crippen molar-refractivity contribution in [2.24, 2.45) is 0 Å². The summed E-state index contributed by atoms with van der Waals surface area (Å²) in [4.78, 5) is 13.7. The van der Waals surface area contributed by atoms with Gasteiger partial charge in [-0.15, -0.1) is 0 Å². The molecule has 1 aliphatic heterocycles. The van der Waals surface area contributed by atoms with Crippen LogP contribution in [0.1, 0.15) is 19.5 Å². The lowest BCUT2D eigenvalue weighted by molar-refractivity contribution is -0.133. The summed E-state index contributed by atoms with van der Waals surface area (Å²) >= 11 is 0. The van der Waals surface area contributed by atoms with E-state index in [1.54, 1.807) is 10.7 Å². The van der Waals surface area contributed by atoms with Crippen LogP contribution in [-0.4, -0.2) is 50.3 Å². The monoisotopic (exact) mass is 237 g/mol. The summed E-state index contributed by atoms with van der Waals surface area (Å²) in [6.07, 6.45) is 0.684. The number of amides is 1. The van der Waals surface area contributed by atoms with Crippen LogP contribution in [0.4, 0.5) is 0 Å². The van der Waals surface area contributed by atoms with Gasteiger partial charge in [-0.2, -0.15) is 5.10 Å². The summed E-state index contributed by atoms with van der Waals surface area (Å²) in [5, 5.41) is 22.1. The Morgan fingerprint density at radius 2 is 2.18 bits per heavy atom. The maximum Gasteiger partial charge on any atom is 0.510 e. The standard InChI is InChI=1S/C10H16BN3O3/c1-7(2)13-4-3-8-5-9(11(16)17)12-14(8)6-10(13)15/h5,7,16-17H,3-4,6H2,1-2H3. The first-order valence-corrected chi connectivity index (χ1v) is 5.71. The van der Waals surface area contributed by atoms with Crippen molar-refractivity contribution in [2.45, 2.75) is 32.9 Å². The molecule has 1 aliphatic rings. The van der Waals surface area contributed by atoms with E-state index in [1.165, 1.54) is 0 Å². The minimum absolute atomic E-state index is 0.0147. The number of hydrogen-bond acceptors (Lipinski definition) is 4. The molecule has 0 bridgehead atoms. The molecule has 0 unspecified atom stereocenters. The Morgan fingerprint density at radius 1 is 1.47 bits per heavy atom. The fraction of sp³-hybridized carbons (Fsp3) is 0.600. The van der Waals surface area contributed by atoms with Gasteiger partial charge in [-0.25, -0.2) is 0 Å². The van der Waals surface area contributed by atoms with E-state index in [4.69, 9.17) is 10.0 Å². The first-order chi connectivity index (χ1) is 7.99. The van der Waals surface area contributed by atoms with Gasteiger partial charge >= 0.3 is 7.12 Å². The quantitative estimate of drug-likeness (QED) is 0.604. The highest BCUT2D eigenvalue weighted by atomic mass is 16.4. The topological polar surface area (TPSA) is 78.6 Å². The van der Waals surface area contributed by atoms with Gasteiger partial charge in [0.2, 0.25) is 5.91 Å². The highest BCUT2D eigenvalue weighted by molar-refractivity contribution is 6.57. The molecule has 92 valence electrons. The summed E-state index contributed by atoms with van der Waals surface area (Å²) in [6, 6.07) is 1.82. The number of rotatable bonds is 2. The molecule has 0 aromatic carbocycles. The molecule has 0 atom stereocenters. The van der Waals surface area contributed by atoms with Gasteiger partial charge in [-0.05, 0) is 19.9 Å². The van der Waals surface area contributed by atoms with E-state index < -0.39 is 7.12 Å². The summed E-state index contributed by atoms with van der Waals surface area (Å²) in [6.45, 7) is 4.77. The molecule has 6 nitrogen and oxygen atoms in total. The van der Waals surface area contributed by atoms with Gasteiger partial charge in [-0.3, -0.25) is 9.48 Å². The van der Waals surface area contributed by atoms with Gasteiger partial charge in [0.05, 0.1) is 5.59 Å². The zero-order valence-corrected chi connectivity index (χ0v) is 10.00. The third kappa shape index (κ3) is 2.35. The maximum absolute atomic E-state index is 11.9. The summed E-state index contributed by atoms with van der Waals surface area (Å²) < 4.78 is 1.56. The van der Waals surface area contributed by atoms with Crippen molar-refractivity contribution in [3.8, 4) is 0 Å². The average molecular weight is 237 g/mol. The molecular formula is C10H16BN3O3. The SMILES string of the molecule is CC(C)N1CCc2cc(B(O)O)nn2CC1=O. The van der Waals surface area contributed by atoms with E-state index in [0.29, 0.717) is 13.0 Å². The molecule has 1 aromatic heterocycles. The highest BCUT2D eigenvalue weighted by Gasteiger charge is 2.25. The van der Waals surface area contributed by atoms with E-state index in [1.807, 2.05) is 18.7 Å². The third-order valence-corrected chi connectivity index (χ3v) is 2.98. The second kappa shape index (κ2) is 4.50. The molecule has 1 amide bonds. The van der Waals surface area contributed by atoms with Crippen LogP contribution in [0.5, 0.6) is 0 Å². The van der Waals surface area contributed by atoms with E-state index >= 15 is 0 Å². The molecule has 1 aromatic rings. The number of carbonyl (C=O) groups excluding carboxylic acids is 1. The smallest absolute Gasteiger partial charge is 0.422 e. The van der Waals surface area contributed by atoms with Crippen LogP contribution in [0.3, 0.4) is 0 Å². The van der Waals surface area contributed by atoms with Crippen molar-refractivity contribution < 1.29 is 14.8 Å². The van der Waals surface area contributed by atoms with Crippen molar-refractivity contribution in [3.05, 3.63) is 11.8 Å². The van der Waals surface area contributed by atoms with E-state index in [9.17, 15) is 4.79 Å². The molecule has 0 aliphatic carbocycles. The number of carbonyl (C=O) groups is 1. The fourth-order valence-electron chi connectivity index (χ4n) is 2.07. The van der Waals surface area contributed by atoms with Crippen LogP contribution in [0.2, 0.25) is 0 Å². The van der Waals surface area contributed by atoms with Crippen LogP contribution in [0.25, 0.3) is 0 Å². The molecular weight excluding hydrogens is 221 g/mol. The molecule has 0 saturated heterocycles. The van der Waals surface area contributed by atoms with Crippen LogP contribution >= 0.6 is 0 Å². The van der Waals surface area contributed by atoms with Gasteiger partial charge in [0.15, 0.2) is 0 Å². The molecule has 0 radical (unpaired) electrons. The number of fused-ring (bicyclic) bond motifs is 1. The van der Waals surface area contributed by atoms with Gasteiger partial charge in [0.1, 0.15) is 6.54 Å². The van der Waals surface area contributed by atoms with Crippen molar-refractivity contribution in [2.75, 3.05) is 6.54 Å². The normalized spacial score (nSPS) is 16.1. The lowest BCUT2D eigenvalue weighted by Gasteiger charge is -2.24. The predicted octanol–water partition coefficient (Wildman–Crippen LogP) is -1.64. The lowest BCUT2D eigenvalue weighted by atomic mass is 9.86. The first-order valence-electron chi connectivity index (χ1n) is 5.71. The molecule has 17 heavy (non-hydrogen) atoms. The molecule has 2 heterocycles. The van der Waals surface area contributed by atoms with Gasteiger partial charge in [0.25, 0.3) is 0 Å². The van der Waals surface area contributed by atoms with Crippen molar-refractivity contribution in [1.29, 1.82) is 0 Å². The summed E-state index contributed by atoms with van der Waals surface area (Å²) in [7, 11) is -1.58. The number of nitrogens with zero attached hydrogens (tertiary/aromatic N) is 3. The average Bonchev–Trinajstić information content (AvgIpc) is 2.55. The Labute approximate surface area is 100.0 Å². The van der Waals surface area contributed by atoms with Crippen LogP contribution in [0, 0.1) is 0 Å². The summed E-state index contributed by atoms with van der Waals surface area (Å²) in [5.41, 5.74) is 1.07. The van der Waals surface area contributed by atoms with Gasteiger partial charge in [-0.1, -0.05) is 0 Å². The molecule has 0 saturated carbocycles. The van der Waals surface area contributed by atoms with E-state index in [-0.39, 0.29) is 24.1 Å².